The van der Waals surface area contributed by atoms with Gasteiger partial charge in [0.1, 0.15) is 5.82 Å². The van der Waals surface area contributed by atoms with E-state index in [2.05, 4.69) is 0 Å². The van der Waals surface area contributed by atoms with E-state index in [1.807, 2.05) is 6.07 Å². The van der Waals surface area contributed by atoms with E-state index in [0.29, 0.717) is 11.5 Å². The van der Waals surface area contributed by atoms with Crippen molar-refractivity contribution in [1.82, 2.24) is 0 Å². The molecule has 4 heteroatoms. The van der Waals surface area contributed by atoms with E-state index in [1.165, 1.54) is 0 Å². The lowest BCUT2D eigenvalue weighted by molar-refractivity contribution is 0.0583. The van der Waals surface area contributed by atoms with Crippen molar-refractivity contribution in [3.63, 3.8) is 0 Å². The summed E-state index contributed by atoms with van der Waals surface area (Å²) in [6.07, 6.45) is 1.94. The van der Waals surface area contributed by atoms with Crippen LogP contribution in [0.5, 0.6) is 0 Å². The predicted octanol–water partition coefficient (Wildman–Crippen LogP) is 2.98. The second-order valence-corrected chi connectivity index (χ2v) is 4.48. The summed E-state index contributed by atoms with van der Waals surface area (Å²) in [7, 11) is 0. The molecule has 17 heavy (non-hydrogen) atoms. The van der Waals surface area contributed by atoms with E-state index >= 15 is 0 Å². The molecule has 0 bridgehead atoms. The molecule has 1 aliphatic heterocycles. The van der Waals surface area contributed by atoms with Gasteiger partial charge in [0.25, 0.3) is 0 Å². The molecule has 0 aromatic heterocycles. The van der Waals surface area contributed by atoms with Crippen LogP contribution in [0.2, 0.25) is 0 Å². The van der Waals surface area contributed by atoms with Crippen molar-refractivity contribution in [2.75, 3.05) is 13.2 Å². The topological polar surface area (TPSA) is 35.2 Å². The van der Waals surface area contributed by atoms with E-state index in [4.69, 9.17) is 10.5 Å². The molecule has 1 aromatic carbocycles. The smallest absolute Gasteiger partial charge is 0.126 e. The molecule has 0 radical (unpaired) electrons. The zero-order valence-corrected chi connectivity index (χ0v) is 10.8. The molecule has 0 amide bonds. The van der Waals surface area contributed by atoms with Crippen LogP contribution in [0.1, 0.15) is 30.0 Å². The second kappa shape index (κ2) is 6.34. The van der Waals surface area contributed by atoms with Crippen molar-refractivity contribution in [2.24, 2.45) is 11.7 Å². The van der Waals surface area contributed by atoms with Crippen LogP contribution in [0.3, 0.4) is 0 Å². The summed E-state index contributed by atoms with van der Waals surface area (Å²) in [4.78, 5) is 0. The molecule has 1 aromatic rings. The Morgan fingerprint density at radius 1 is 1.35 bits per heavy atom. The first-order valence-electron chi connectivity index (χ1n) is 5.78. The van der Waals surface area contributed by atoms with Gasteiger partial charge >= 0.3 is 0 Å². The lowest BCUT2D eigenvalue weighted by Crippen LogP contribution is -2.27. The highest BCUT2D eigenvalue weighted by molar-refractivity contribution is 5.85. The standard InChI is InChI=1S/C13H18FNO.ClH/c1-9-2-3-11(8-12(9)14)13(15)10-4-6-16-7-5-10;/h2-3,8,10,13H,4-7,15H2,1H3;1H/t13-;/m0./s1. The molecule has 1 aliphatic rings. The first-order valence-corrected chi connectivity index (χ1v) is 5.78. The van der Waals surface area contributed by atoms with E-state index in [-0.39, 0.29) is 24.3 Å². The van der Waals surface area contributed by atoms with Crippen molar-refractivity contribution in [1.29, 1.82) is 0 Å². The van der Waals surface area contributed by atoms with Crippen LogP contribution in [0.25, 0.3) is 0 Å². The zero-order chi connectivity index (χ0) is 11.5. The van der Waals surface area contributed by atoms with Crippen molar-refractivity contribution >= 4 is 12.4 Å². The van der Waals surface area contributed by atoms with E-state index < -0.39 is 0 Å². The van der Waals surface area contributed by atoms with E-state index in [9.17, 15) is 4.39 Å². The number of rotatable bonds is 2. The van der Waals surface area contributed by atoms with Gasteiger partial charge in [0.2, 0.25) is 0 Å². The molecule has 1 atom stereocenters. The number of nitrogens with two attached hydrogens (primary N) is 1. The Labute approximate surface area is 108 Å². The van der Waals surface area contributed by atoms with Crippen LogP contribution in [-0.4, -0.2) is 13.2 Å². The molecule has 2 rings (SSSR count). The van der Waals surface area contributed by atoms with Gasteiger partial charge in [-0.3, -0.25) is 0 Å². The van der Waals surface area contributed by atoms with E-state index in [1.54, 1.807) is 19.1 Å². The summed E-state index contributed by atoms with van der Waals surface area (Å²) < 4.78 is 18.7. The fourth-order valence-corrected chi connectivity index (χ4v) is 2.16. The summed E-state index contributed by atoms with van der Waals surface area (Å²) in [6.45, 7) is 3.30. The lowest BCUT2D eigenvalue weighted by atomic mass is 9.87. The molecule has 0 spiro atoms. The number of hydrogen-bond donors (Lipinski definition) is 1. The average Bonchev–Trinajstić information content (AvgIpc) is 2.33. The Bertz CT molecular complexity index is 366. The Morgan fingerprint density at radius 2 is 2.00 bits per heavy atom. The summed E-state index contributed by atoms with van der Waals surface area (Å²) in [5, 5.41) is 0. The van der Waals surface area contributed by atoms with Gasteiger partial charge in [0.05, 0.1) is 0 Å². The molecule has 0 unspecified atom stereocenters. The zero-order valence-electron chi connectivity index (χ0n) is 9.99. The maximum absolute atomic E-state index is 13.4. The molecule has 2 N–H and O–H groups in total. The molecule has 1 fully saturated rings. The largest absolute Gasteiger partial charge is 0.381 e. The molecular weight excluding hydrogens is 241 g/mol. The summed E-state index contributed by atoms with van der Waals surface area (Å²) in [6, 6.07) is 5.22. The number of halogens is 2. The molecule has 1 saturated heterocycles. The van der Waals surface area contributed by atoms with Crippen molar-refractivity contribution in [3.8, 4) is 0 Å². The lowest BCUT2D eigenvalue weighted by Gasteiger charge is -2.28. The monoisotopic (exact) mass is 259 g/mol. The average molecular weight is 260 g/mol. The highest BCUT2D eigenvalue weighted by atomic mass is 35.5. The van der Waals surface area contributed by atoms with Gasteiger partial charge in [0.15, 0.2) is 0 Å². The highest BCUT2D eigenvalue weighted by Gasteiger charge is 2.22. The first kappa shape index (κ1) is 14.4. The molecular formula is C13H19ClFNO. The Kier molecular flexibility index (Phi) is 5.37. The summed E-state index contributed by atoms with van der Waals surface area (Å²) in [5.74, 6) is 0.246. The normalized spacial score (nSPS) is 18.5. The van der Waals surface area contributed by atoms with Crippen LogP contribution in [-0.2, 0) is 4.74 Å². The SMILES string of the molecule is Cc1ccc([C@@H](N)C2CCOCC2)cc1F.Cl. The Morgan fingerprint density at radius 3 is 2.59 bits per heavy atom. The van der Waals surface area contributed by atoms with Crippen molar-refractivity contribution in [2.45, 2.75) is 25.8 Å². The summed E-state index contributed by atoms with van der Waals surface area (Å²) >= 11 is 0. The van der Waals surface area contributed by atoms with Gasteiger partial charge in [-0.25, -0.2) is 4.39 Å². The molecule has 0 aliphatic carbocycles. The minimum atomic E-state index is -0.167. The van der Waals surface area contributed by atoms with Crippen molar-refractivity contribution in [3.05, 3.63) is 35.1 Å². The number of ether oxygens (including phenoxy) is 1. The van der Waals surface area contributed by atoms with Gasteiger partial charge in [-0.05, 0) is 42.9 Å². The number of benzene rings is 1. The maximum Gasteiger partial charge on any atom is 0.126 e. The third-order valence-corrected chi connectivity index (χ3v) is 3.35. The highest BCUT2D eigenvalue weighted by Crippen LogP contribution is 2.28. The third kappa shape index (κ3) is 3.41. The molecule has 0 saturated carbocycles. The fourth-order valence-electron chi connectivity index (χ4n) is 2.16. The second-order valence-electron chi connectivity index (χ2n) is 4.48. The van der Waals surface area contributed by atoms with Crippen LogP contribution in [0.4, 0.5) is 4.39 Å². The van der Waals surface area contributed by atoms with Gasteiger partial charge in [-0.15, -0.1) is 12.4 Å². The minimum absolute atomic E-state index is 0. The molecule has 2 nitrogen and oxygen atoms in total. The van der Waals surface area contributed by atoms with Gasteiger partial charge < -0.3 is 10.5 Å². The third-order valence-electron chi connectivity index (χ3n) is 3.35. The van der Waals surface area contributed by atoms with Crippen LogP contribution in [0.15, 0.2) is 18.2 Å². The van der Waals surface area contributed by atoms with E-state index in [0.717, 1.165) is 31.6 Å². The first-order chi connectivity index (χ1) is 7.68. The van der Waals surface area contributed by atoms with Gasteiger partial charge in [-0.2, -0.15) is 0 Å². The predicted molar refractivity (Wildman–Crippen MR) is 68.9 cm³/mol. The van der Waals surface area contributed by atoms with Crippen LogP contribution in [0, 0.1) is 18.7 Å². The summed E-state index contributed by atoms with van der Waals surface area (Å²) in [5.41, 5.74) is 7.73. The Balaban J connectivity index is 0.00000144. The fraction of sp³-hybridized carbons (Fsp3) is 0.538. The maximum atomic E-state index is 13.4. The quantitative estimate of drug-likeness (QED) is 0.886. The number of aryl methyl sites for hydroxylation is 1. The number of hydrogen-bond acceptors (Lipinski definition) is 2. The van der Waals surface area contributed by atoms with Gasteiger partial charge in [-0.1, -0.05) is 12.1 Å². The van der Waals surface area contributed by atoms with Gasteiger partial charge in [0, 0.05) is 19.3 Å². The molecule has 96 valence electrons. The van der Waals surface area contributed by atoms with Crippen molar-refractivity contribution < 1.29 is 9.13 Å². The Hall–Kier alpha value is -0.640. The van der Waals surface area contributed by atoms with Crippen LogP contribution < -0.4 is 5.73 Å². The molecule has 1 heterocycles. The minimum Gasteiger partial charge on any atom is -0.381 e. The van der Waals surface area contributed by atoms with Crippen LogP contribution >= 0.6 is 12.4 Å².